The van der Waals surface area contributed by atoms with E-state index >= 15 is 0 Å². The lowest BCUT2D eigenvalue weighted by molar-refractivity contribution is -0.0893. The fourth-order valence-electron chi connectivity index (χ4n) is 3.18. The normalized spacial score (nSPS) is 15.7. The molecule has 1 aliphatic rings. The van der Waals surface area contributed by atoms with Crippen LogP contribution in [0.1, 0.15) is 52.7 Å². The second-order valence-corrected chi connectivity index (χ2v) is 8.98. The van der Waals surface area contributed by atoms with Gasteiger partial charge in [-0.05, 0) is 62.1 Å². The first-order chi connectivity index (χ1) is 11.4. The minimum Gasteiger partial charge on any atom is -0.427 e. The number of hydrogen-bond acceptors (Lipinski definition) is 3. The molecule has 0 fully saturated rings. The topological polar surface area (TPSA) is 29.5 Å². The second kappa shape index (κ2) is 5.90. The zero-order valence-corrected chi connectivity index (χ0v) is 16.7. The Balaban J connectivity index is 1.92. The summed E-state index contributed by atoms with van der Waals surface area (Å²) in [5, 5.41) is 10.3. The van der Waals surface area contributed by atoms with E-state index in [0.717, 1.165) is 10.4 Å². The molecule has 4 heteroatoms. The van der Waals surface area contributed by atoms with Crippen molar-refractivity contribution < 1.29 is 9.76 Å². The molecule has 0 heterocycles. The van der Waals surface area contributed by atoms with Crippen molar-refractivity contribution in [1.29, 1.82) is 0 Å². The minimum atomic E-state index is -0.932. The van der Waals surface area contributed by atoms with Crippen molar-refractivity contribution in [3.63, 3.8) is 0 Å². The fraction of sp³-hybridized carbons (Fsp3) is 0.429. The molecule has 3 rings (SSSR count). The van der Waals surface area contributed by atoms with Gasteiger partial charge in [-0.1, -0.05) is 43.6 Å². The Kier molecular flexibility index (Phi) is 4.38. The van der Waals surface area contributed by atoms with E-state index in [1.165, 1.54) is 22.3 Å². The predicted molar refractivity (Wildman–Crippen MR) is 108 cm³/mol. The summed E-state index contributed by atoms with van der Waals surface area (Å²) < 4.78 is 5.92. The van der Waals surface area contributed by atoms with Gasteiger partial charge in [0.1, 0.15) is 0 Å². The molecule has 1 N–H and O–H groups in total. The van der Waals surface area contributed by atoms with Crippen LogP contribution >= 0.6 is 12.6 Å². The molecule has 0 spiro atoms. The Morgan fingerprint density at radius 2 is 1.52 bits per heavy atom. The molecule has 0 saturated heterocycles. The van der Waals surface area contributed by atoms with Crippen LogP contribution < -0.4 is 5.46 Å². The summed E-state index contributed by atoms with van der Waals surface area (Å²) in [6.07, 6.45) is 0. The fourth-order valence-corrected chi connectivity index (χ4v) is 3.38. The van der Waals surface area contributed by atoms with Gasteiger partial charge in [0.25, 0.3) is 0 Å². The number of rotatable bonds is 4. The van der Waals surface area contributed by atoms with E-state index in [0.29, 0.717) is 0 Å². The summed E-state index contributed by atoms with van der Waals surface area (Å²) in [7, 11) is 1.75. The monoisotopic (exact) mass is 353 g/mol. The highest BCUT2D eigenvalue weighted by molar-refractivity contribution is 7.80. The standard InChI is InChI=1S/C21H26BO2S/c1-19(2)17-11-13(22-24-21(5,6)20(3,4)23)7-9-15(17)16-10-8-14(25)12-18(16)19/h7-12,23,25H,1-6H3. The van der Waals surface area contributed by atoms with Crippen LogP contribution in [-0.2, 0) is 10.1 Å². The van der Waals surface area contributed by atoms with Crippen molar-refractivity contribution in [2.45, 2.75) is 63.1 Å². The van der Waals surface area contributed by atoms with E-state index in [2.05, 4.69) is 56.8 Å². The molecule has 0 aromatic heterocycles. The molecule has 1 radical (unpaired) electrons. The zero-order valence-electron chi connectivity index (χ0n) is 15.8. The molecule has 0 saturated carbocycles. The summed E-state index contributed by atoms with van der Waals surface area (Å²) >= 11 is 4.50. The third kappa shape index (κ3) is 3.16. The molecular weight excluding hydrogens is 327 g/mol. The van der Waals surface area contributed by atoms with E-state index < -0.39 is 11.2 Å². The highest BCUT2D eigenvalue weighted by Gasteiger charge is 2.37. The van der Waals surface area contributed by atoms with Crippen LogP contribution in [0.2, 0.25) is 0 Å². The van der Waals surface area contributed by atoms with Gasteiger partial charge in [-0.2, -0.15) is 0 Å². The predicted octanol–water partition coefficient (Wildman–Crippen LogP) is 4.09. The van der Waals surface area contributed by atoms with Gasteiger partial charge >= 0.3 is 7.48 Å². The van der Waals surface area contributed by atoms with Gasteiger partial charge in [0.15, 0.2) is 0 Å². The SMILES string of the molecule is CC1(C)c2cc(S)ccc2-c2ccc([B]OC(C)(C)C(C)(C)O)cc21. The highest BCUT2D eigenvalue weighted by Crippen LogP contribution is 2.48. The van der Waals surface area contributed by atoms with Crippen molar-refractivity contribution in [1.82, 2.24) is 0 Å². The van der Waals surface area contributed by atoms with Crippen molar-refractivity contribution >= 4 is 25.6 Å². The molecule has 2 aromatic carbocycles. The molecule has 1 aliphatic carbocycles. The lowest BCUT2D eigenvalue weighted by atomic mass is 9.77. The maximum Gasteiger partial charge on any atom is 0.330 e. The van der Waals surface area contributed by atoms with Crippen LogP contribution in [0.25, 0.3) is 11.1 Å². The molecule has 131 valence electrons. The van der Waals surface area contributed by atoms with Gasteiger partial charge in [0.2, 0.25) is 0 Å². The van der Waals surface area contributed by atoms with E-state index in [-0.39, 0.29) is 5.41 Å². The van der Waals surface area contributed by atoms with Crippen molar-refractivity contribution in [3.8, 4) is 11.1 Å². The number of thiol groups is 1. The summed E-state index contributed by atoms with van der Waals surface area (Å²) in [6, 6.07) is 12.8. The summed E-state index contributed by atoms with van der Waals surface area (Å²) in [5.74, 6) is 0. The number of fused-ring (bicyclic) bond motifs is 3. The molecule has 0 unspecified atom stereocenters. The van der Waals surface area contributed by atoms with Gasteiger partial charge in [0, 0.05) is 10.3 Å². The number of hydrogen-bond donors (Lipinski definition) is 2. The van der Waals surface area contributed by atoms with Crippen LogP contribution in [0.4, 0.5) is 0 Å². The first kappa shape index (κ1) is 18.6. The Morgan fingerprint density at radius 3 is 2.12 bits per heavy atom. The summed E-state index contributed by atoms with van der Waals surface area (Å²) in [6.45, 7) is 11.8. The summed E-state index contributed by atoms with van der Waals surface area (Å²) in [4.78, 5) is 0.988. The zero-order chi connectivity index (χ0) is 18.6. The molecule has 2 nitrogen and oxygen atoms in total. The van der Waals surface area contributed by atoms with Gasteiger partial charge < -0.3 is 9.76 Å². The Bertz CT molecular complexity index is 819. The van der Waals surface area contributed by atoms with Gasteiger partial charge in [-0.15, -0.1) is 12.6 Å². The Hall–Kier alpha value is -1.23. The van der Waals surface area contributed by atoms with Crippen molar-refractivity contribution in [3.05, 3.63) is 47.5 Å². The first-order valence-corrected chi connectivity index (χ1v) is 9.10. The van der Waals surface area contributed by atoms with E-state index in [4.69, 9.17) is 4.65 Å². The quantitative estimate of drug-likeness (QED) is 0.640. The molecule has 0 atom stereocenters. The highest BCUT2D eigenvalue weighted by atomic mass is 32.1. The smallest absolute Gasteiger partial charge is 0.330 e. The molecule has 2 aromatic rings. The average molecular weight is 353 g/mol. The Labute approximate surface area is 157 Å². The molecular formula is C21H26BO2S. The minimum absolute atomic E-state index is 0.0704. The van der Waals surface area contributed by atoms with Gasteiger partial charge in [-0.3, -0.25) is 0 Å². The molecule has 0 amide bonds. The maximum atomic E-state index is 10.3. The summed E-state index contributed by atoms with van der Waals surface area (Å²) in [5.41, 5.74) is 4.48. The Morgan fingerprint density at radius 1 is 0.960 bits per heavy atom. The van der Waals surface area contributed by atoms with E-state index in [9.17, 15) is 5.11 Å². The lowest BCUT2D eigenvalue weighted by Crippen LogP contribution is -2.49. The van der Waals surface area contributed by atoms with Crippen LogP contribution in [0.3, 0.4) is 0 Å². The maximum absolute atomic E-state index is 10.3. The third-order valence-corrected chi connectivity index (χ3v) is 5.92. The van der Waals surface area contributed by atoms with Crippen LogP contribution in [0.15, 0.2) is 41.3 Å². The first-order valence-electron chi connectivity index (χ1n) is 8.65. The van der Waals surface area contributed by atoms with Gasteiger partial charge in [0.05, 0.1) is 11.2 Å². The largest absolute Gasteiger partial charge is 0.427 e. The second-order valence-electron chi connectivity index (χ2n) is 8.46. The molecule has 25 heavy (non-hydrogen) atoms. The van der Waals surface area contributed by atoms with Crippen LogP contribution in [-0.4, -0.2) is 23.8 Å². The average Bonchev–Trinajstić information content (AvgIpc) is 2.72. The number of aliphatic hydroxyl groups is 1. The lowest BCUT2D eigenvalue weighted by Gasteiger charge is -2.37. The van der Waals surface area contributed by atoms with Crippen molar-refractivity contribution in [2.75, 3.05) is 0 Å². The van der Waals surface area contributed by atoms with Gasteiger partial charge in [-0.25, -0.2) is 0 Å². The van der Waals surface area contributed by atoms with E-state index in [1.807, 2.05) is 19.9 Å². The molecule has 0 bridgehead atoms. The van der Waals surface area contributed by atoms with Crippen molar-refractivity contribution in [2.24, 2.45) is 0 Å². The third-order valence-electron chi connectivity index (χ3n) is 5.65. The number of benzene rings is 2. The molecule has 0 aliphatic heterocycles. The van der Waals surface area contributed by atoms with Crippen LogP contribution in [0, 0.1) is 0 Å². The van der Waals surface area contributed by atoms with Crippen LogP contribution in [0.5, 0.6) is 0 Å². The van der Waals surface area contributed by atoms with E-state index in [1.54, 1.807) is 21.3 Å².